The Bertz CT molecular complexity index is 463. The first kappa shape index (κ1) is 13.3. The van der Waals surface area contributed by atoms with E-state index in [9.17, 15) is 4.79 Å². The standard InChI is InChI=1S/C10H18N8O/c1-18(2)10-15-8(14-9(16-10)17-11)13-6-4-3-5-12-7(6)19/h6H,3-5,11H2,1-2H3,(H,12,19)(H2,13,14,15,16,17). The third kappa shape index (κ3) is 3.19. The van der Waals surface area contributed by atoms with Gasteiger partial charge in [-0.1, -0.05) is 0 Å². The Morgan fingerprint density at radius 3 is 2.68 bits per heavy atom. The van der Waals surface area contributed by atoms with E-state index >= 15 is 0 Å². The van der Waals surface area contributed by atoms with Gasteiger partial charge in [-0.3, -0.25) is 10.2 Å². The molecule has 1 unspecified atom stereocenters. The summed E-state index contributed by atoms with van der Waals surface area (Å²) < 4.78 is 0. The van der Waals surface area contributed by atoms with Crippen LogP contribution in [-0.2, 0) is 4.79 Å². The Hall–Kier alpha value is -2.16. The van der Waals surface area contributed by atoms with Crippen LogP contribution < -0.4 is 26.8 Å². The van der Waals surface area contributed by atoms with E-state index < -0.39 is 0 Å². The molecule has 0 bridgehead atoms. The number of carbonyl (C=O) groups is 1. The average molecular weight is 266 g/mol. The van der Waals surface area contributed by atoms with Crippen LogP contribution in [0.3, 0.4) is 0 Å². The van der Waals surface area contributed by atoms with Gasteiger partial charge >= 0.3 is 0 Å². The SMILES string of the molecule is CN(C)c1nc(NN)nc(NC2CCCNC2=O)n1. The highest BCUT2D eigenvalue weighted by molar-refractivity contribution is 5.84. The summed E-state index contributed by atoms with van der Waals surface area (Å²) in [7, 11) is 3.62. The molecule has 0 radical (unpaired) electrons. The molecule has 0 spiro atoms. The maximum absolute atomic E-state index is 11.7. The molecular formula is C10H18N8O. The van der Waals surface area contributed by atoms with Crippen molar-refractivity contribution in [3.63, 3.8) is 0 Å². The number of hydrogen-bond donors (Lipinski definition) is 4. The van der Waals surface area contributed by atoms with E-state index in [1.165, 1.54) is 0 Å². The van der Waals surface area contributed by atoms with Crippen LogP contribution >= 0.6 is 0 Å². The quantitative estimate of drug-likeness (QED) is 0.401. The highest BCUT2D eigenvalue weighted by atomic mass is 16.2. The van der Waals surface area contributed by atoms with Gasteiger partial charge in [0.1, 0.15) is 6.04 Å². The maximum atomic E-state index is 11.7. The molecule has 1 atom stereocenters. The summed E-state index contributed by atoms with van der Waals surface area (Å²) in [6, 6.07) is -0.322. The van der Waals surface area contributed by atoms with Gasteiger partial charge < -0.3 is 15.5 Å². The largest absolute Gasteiger partial charge is 0.354 e. The van der Waals surface area contributed by atoms with Crippen molar-refractivity contribution in [2.75, 3.05) is 36.3 Å². The molecule has 1 amide bonds. The Labute approximate surface area is 111 Å². The van der Waals surface area contributed by atoms with E-state index in [-0.39, 0.29) is 17.9 Å². The number of nitrogen functional groups attached to an aromatic ring is 1. The van der Waals surface area contributed by atoms with Crippen LogP contribution in [0.2, 0.25) is 0 Å². The van der Waals surface area contributed by atoms with Gasteiger partial charge in [-0.15, -0.1) is 0 Å². The first-order chi connectivity index (χ1) is 9.10. The van der Waals surface area contributed by atoms with Gasteiger partial charge in [-0.2, -0.15) is 15.0 Å². The first-order valence-electron chi connectivity index (χ1n) is 6.04. The smallest absolute Gasteiger partial charge is 0.243 e. The third-order valence-electron chi connectivity index (χ3n) is 2.74. The molecule has 1 aliphatic heterocycles. The van der Waals surface area contributed by atoms with Crippen molar-refractivity contribution in [1.82, 2.24) is 20.3 Å². The zero-order chi connectivity index (χ0) is 13.8. The number of nitrogens with two attached hydrogens (primary N) is 1. The molecule has 104 valence electrons. The fourth-order valence-corrected chi connectivity index (χ4v) is 1.76. The Morgan fingerprint density at radius 2 is 2.05 bits per heavy atom. The lowest BCUT2D eigenvalue weighted by atomic mass is 10.1. The van der Waals surface area contributed by atoms with E-state index in [4.69, 9.17) is 5.84 Å². The van der Waals surface area contributed by atoms with E-state index in [2.05, 4.69) is 31.0 Å². The minimum absolute atomic E-state index is 0.0414. The van der Waals surface area contributed by atoms with Crippen LogP contribution in [-0.4, -0.2) is 47.5 Å². The third-order valence-corrected chi connectivity index (χ3v) is 2.74. The number of piperidine rings is 1. The van der Waals surface area contributed by atoms with Crippen LogP contribution in [0.4, 0.5) is 17.8 Å². The van der Waals surface area contributed by atoms with Crippen molar-refractivity contribution < 1.29 is 4.79 Å². The van der Waals surface area contributed by atoms with Gasteiger partial charge in [0, 0.05) is 20.6 Å². The molecule has 1 aromatic rings. The maximum Gasteiger partial charge on any atom is 0.243 e. The number of hydrazine groups is 1. The second-order valence-corrected chi connectivity index (χ2v) is 4.45. The minimum atomic E-state index is -0.322. The lowest BCUT2D eigenvalue weighted by Crippen LogP contribution is -2.44. The summed E-state index contributed by atoms with van der Waals surface area (Å²) in [5, 5.41) is 5.80. The Morgan fingerprint density at radius 1 is 1.32 bits per heavy atom. The molecular weight excluding hydrogens is 248 g/mol. The summed E-state index contributed by atoms with van der Waals surface area (Å²) >= 11 is 0. The predicted octanol–water partition coefficient (Wildman–Crippen LogP) is -1.09. The van der Waals surface area contributed by atoms with Gasteiger partial charge in [0.05, 0.1) is 0 Å². The van der Waals surface area contributed by atoms with Crippen LogP contribution in [0.25, 0.3) is 0 Å². The molecule has 1 fully saturated rings. The predicted molar refractivity (Wildman–Crippen MR) is 71.6 cm³/mol. The molecule has 0 saturated carbocycles. The molecule has 1 aromatic heterocycles. The van der Waals surface area contributed by atoms with Crippen LogP contribution in [0, 0.1) is 0 Å². The molecule has 9 heteroatoms. The number of rotatable bonds is 4. The van der Waals surface area contributed by atoms with Crippen LogP contribution in [0.5, 0.6) is 0 Å². The van der Waals surface area contributed by atoms with Crippen molar-refractivity contribution in [3.8, 4) is 0 Å². The summed E-state index contributed by atoms with van der Waals surface area (Å²) in [6.07, 6.45) is 1.68. The summed E-state index contributed by atoms with van der Waals surface area (Å²) in [5.74, 6) is 6.31. The number of anilines is 3. The van der Waals surface area contributed by atoms with Gasteiger partial charge in [-0.25, -0.2) is 5.84 Å². The average Bonchev–Trinajstić information content (AvgIpc) is 2.41. The normalized spacial score (nSPS) is 18.7. The lowest BCUT2D eigenvalue weighted by molar-refractivity contribution is -0.123. The molecule has 0 aromatic carbocycles. The molecule has 19 heavy (non-hydrogen) atoms. The molecule has 1 aliphatic rings. The first-order valence-corrected chi connectivity index (χ1v) is 6.04. The van der Waals surface area contributed by atoms with E-state index in [1.807, 2.05) is 14.1 Å². The number of aromatic nitrogens is 3. The molecule has 1 saturated heterocycles. The van der Waals surface area contributed by atoms with Crippen molar-refractivity contribution in [2.24, 2.45) is 5.84 Å². The van der Waals surface area contributed by atoms with E-state index in [0.717, 1.165) is 12.8 Å². The van der Waals surface area contributed by atoms with Gasteiger partial charge in [-0.05, 0) is 12.8 Å². The summed E-state index contributed by atoms with van der Waals surface area (Å²) in [5.41, 5.74) is 2.38. The fraction of sp³-hybridized carbons (Fsp3) is 0.600. The number of carbonyl (C=O) groups excluding carboxylic acids is 1. The lowest BCUT2D eigenvalue weighted by Gasteiger charge is -2.23. The zero-order valence-electron chi connectivity index (χ0n) is 11.0. The van der Waals surface area contributed by atoms with Gasteiger partial charge in [0.25, 0.3) is 0 Å². The monoisotopic (exact) mass is 266 g/mol. The Kier molecular flexibility index (Phi) is 3.95. The molecule has 2 rings (SSSR count). The van der Waals surface area contributed by atoms with E-state index in [0.29, 0.717) is 18.4 Å². The van der Waals surface area contributed by atoms with Gasteiger partial charge in [0.15, 0.2) is 0 Å². The minimum Gasteiger partial charge on any atom is -0.354 e. The summed E-state index contributed by atoms with van der Waals surface area (Å²) in [6.45, 7) is 0.715. The second kappa shape index (κ2) is 5.65. The van der Waals surface area contributed by atoms with Crippen LogP contribution in [0.15, 0.2) is 0 Å². The number of nitrogens with zero attached hydrogens (tertiary/aromatic N) is 4. The van der Waals surface area contributed by atoms with Crippen molar-refractivity contribution >= 4 is 23.8 Å². The second-order valence-electron chi connectivity index (χ2n) is 4.45. The molecule has 9 nitrogen and oxygen atoms in total. The van der Waals surface area contributed by atoms with E-state index in [1.54, 1.807) is 4.90 Å². The Balaban J connectivity index is 2.18. The molecule has 5 N–H and O–H groups in total. The number of amides is 1. The molecule has 0 aliphatic carbocycles. The van der Waals surface area contributed by atoms with Gasteiger partial charge in [0.2, 0.25) is 23.8 Å². The molecule has 2 heterocycles. The van der Waals surface area contributed by atoms with Crippen molar-refractivity contribution in [1.29, 1.82) is 0 Å². The number of hydrogen-bond acceptors (Lipinski definition) is 8. The van der Waals surface area contributed by atoms with Crippen molar-refractivity contribution in [3.05, 3.63) is 0 Å². The topological polar surface area (TPSA) is 121 Å². The summed E-state index contributed by atoms with van der Waals surface area (Å²) in [4.78, 5) is 25.8. The zero-order valence-corrected chi connectivity index (χ0v) is 11.0. The highest BCUT2D eigenvalue weighted by Gasteiger charge is 2.23. The highest BCUT2D eigenvalue weighted by Crippen LogP contribution is 2.14. The fourth-order valence-electron chi connectivity index (χ4n) is 1.76. The van der Waals surface area contributed by atoms with Crippen molar-refractivity contribution in [2.45, 2.75) is 18.9 Å². The van der Waals surface area contributed by atoms with Crippen LogP contribution in [0.1, 0.15) is 12.8 Å². The number of nitrogens with one attached hydrogen (secondary N) is 3.